The zero-order valence-corrected chi connectivity index (χ0v) is 9.59. The lowest BCUT2D eigenvalue weighted by Gasteiger charge is -2.06. The molecule has 5 heteroatoms. The van der Waals surface area contributed by atoms with E-state index < -0.39 is 0 Å². The number of carbonyl (C=O) groups is 1. The predicted octanol–water partition coefficient (Wildman–Crippen LogP) is 1.03. The molecule has 4 nitrogen and oxygen atoms in total. The number of hydrogen-bond donors (Lipinski definition) is 3. The number of hydrogen-bond acceptors (Lipinski definition) is 3. The largest absolute Gasteiger partial charge is 0.396 e. The van der Waals surface area contributed by atoms with E-state index >= 15 is 0 Å². The summed E-state index contributed by atoms with van der Waals surface area (Å²) in [6, 6.07) is 7.04. The molecule has 0 radical (unpaired) electrons. The van der Waals surface area contributed by atoms with Gasteiger partial charge in [0, 0.05) is 24.3 Å². The lowest BCUT2D eigenvalue weighted by atomic mass is 10.2. The van der Waals surface area contributed by atoms with Crippen molar-refractivity contribution in [2.45, 2.75) is 12.8 Å². The van der Waals surface area contributed by atoms with E-state index in [1.54, 1.807) is 24.3 Å². The molecule has 86 valence electrons. The minimum atomic E-state index is -0.130. The summed E-state index contributed by atoms with van der Waals surface area (Å²) in [6.45, 7) is 0.0142. The lowest BCUT2D eigenvalue weighted by Crippen LogP contribution is -2.13. The molecule has 0 unspecified atom stereocenters. The summed E-state index contributed by atoms with van der Waals surface area (Å²) < 4.78 is 0. The topological polar surface area (TPSA) is 75.3 Å². The number of aliphatic hydroxyl groups excluding tert-OH is 1. The van der Waals surface area contributed by atoms with E-state index in [0.29, 0.717) is 23.5 Å². The van der Waals surface area contributed by atoms with Crippen LogP contribution >= 0.6 is 12.2 Å². The van der Waals surface area contributed by atoms with Gasteiger partial charge in [0.05, 0.1) is 0 Å². The molecule has 0 aliphatic rings. The second kappa shape index (κ2) is 6.19. The molecule has 0 aliphatic carbocycles. The van der Waals surface area contributed by atoms with E-state index in [4.69, 9.17) is 23.1 Å². The molecule has 0 spiro atoms. The minimum absolute atomic E-state index is 0.0142. The average Bonchev–Trinajstić information content (AvgIpc) is 2.26. The molecular weight excluding hydrogens is 224 g/mol. The number of amides is 1. The standard InChI is InChI=1S/C11H14N2O2S/c12-11(16)8-3-1-4-9(7-8)13-10(15)5-2-6-14/h1,3-4,7,14H,2,5-6H2,(H2,12,16)(H,13,15). The first kappa shape index (κ1) is 12.6. The van der Waals surface area contributed by atoms with Crippen LogP contribution in [0, 0.1) is 0 Å². The highest BCUT2D eigenvalue weighted by molar-refractivity contribution is 7.80. The summed E-state index contributed by atoms with van der Waals surface area (Å²) in [5.74, 6) is -0.130. The van der Waals surface area contributed by atoms with Crippen molar-refractivity contribution in [3.63, 3.8) is 0 Å². The summed E-state index contributed by atoms with van der Waals surface area (Å²) in [5, 5.41) is 11.3. The Hall–Kier alpha value is -1.46. The highest BCUT2D eigenvalue weighted by atomic mass is 32.1. The Labute approximate surface area is 99.5 Å². The monoisotopic (exact) mass is 238 g/mol. The second-order valence-electron chi connectivity index (χ2n) is 3.32. The van der Waals surface area contributed by atoms with E-state index in [0.717, 1.165) is 5.56 Å². The van der Waals surface area contributed by atoms with Gasteiger partial charge in [-0.3, -0.25) is 4.79 Å². The van der Waals surface area contributed by atoms with E-state index in [9.17, 15) is 4.79 Å². The molecule has 1 aromatic carbocycles. The molecule has 0 atom stereocenters. The van der Waals surface area contributed by atoms with Crippen molar-refractivity contribution in [2.75, 3.05) is 11.9 Å². The van der Waals surface area contributed by atoms with Crippen LogP contribution in [0.5, 0.6) is 0 Å². The third-order valence-corrected chi connectivity index (χ3v) is 2.23. The van der Waals surface area contributed by atoms with Gasteiger partial charge in [-0.15, -0.1) is 0 Å². The molecule has 0 fully saturated rings. The zero-order valence-electron chi connectivity index (χ0n) is 8.77. The van der Waals surface area contributed by atoms with Crippen LogP contribution in [0.2, 0.25) is 0 Å². The first-order valence-corrected chi connectivity index (χ1v) is 5.35. The van der Waals surface area contributed by atoms with Gasteiger partial charge in [-0.2, -0.15) is 0 Å². The van der Waals surface area contributed by atoms with Crippen molar-refractivity contribution in [3.8, 4) is 0 Å². The number of thiocarbonyl (C=S) groups is 1. The van der Waals surface area contributed by atoms with Gasteiger partial charge >= 0.3 is 0 Å². The summed E-state index contributed by atoms with van der Waals surface area (Å²) in [6.07, 6.45) is 0.759. The van der Waals surface area contributed by atoms with E-state index in [1.807, 2.05) is 0 Å². The Morgan fingerprint density at radius 2 is 2.25 bits per heavy atom. The minimum Gasteiger partial charge on any atom is -0.396 e. The van der Waals surface area contributed by atoms with E-state index in [1.165, 1.54) is 0 Å². The summed E-state index contributed by atoms with van der Waals surface area (Å²) in [7, 11) is 0. The average molecular weight is 238 g/mol. The Morgan fingerprint density at radius 1 is 1.50 bits per heavy atom. The van der Waals surface area contributed by atoms with Gasteiger partial charge < -0.3 is 16.2 Å². The fourth-order valence-electron chi connectivity index (χ4n) is 1.21. The number of nitrogens with one attached hydrogen (secondary N) is 1. The van der Waals surface area contributed by atoms with Gasteiger partial charge in [0.2, 0.25) is 5.91 Å². The molecule has 1 aromatic rings. The Balaban J connectivity index is 2.63. The highest BCUT2D eigenvalue weighted by Gasteiger charge is 2.03. The Kier molecular flexibility index (Phi) is 4.88. The molecule has 16 heavy (non-hydrogen) atoms. The van der Waals surface area contributed by atoms with Crippen LogP contribution in [0.15, 0.2) is 24.3 Å². The van der Waals surface area contributed by atoms with Crippen LogP contribution in [0.1, 0.15) is 18.4 Å². The molecule has 0 saturated carbocycles. The molecule has 1 rings (SSSR count). The van der Waals surface area contributed by atoms with Crippen molar-refractivity contribution in [2.24, 2.45) is 5.73 Å². The number of benzene rings is 1. The number of rotatable bonds is 5. The van der Waals surface area contributed by atoms with Crippen molar-refractivity contribution in [3.05, 3.63) is 29.8 Å². The number of carbonyl (C=O) groups excluding carboxylic acids is 1. The van der Waals surface area contributed by atoms with Crippen LogP contribution in [0.4, 0.5) is 5.69 Å². The van der Waals surface area contributed by atoms with Gasteiger partial charge in [0.25, 0.3) is 0 Å². The van der Waals surface area contributed by atoms with Crippen molar-refractivity contribution in [1.82, 2.24) is 0 Å². The summed E-state index contributed by atoms with van der Waals surface area (Å²) >= 11 is 4.84. The summed E-state index contributed by atoms with van der Waals surface area (Å²) in [5.41, 5.74) is 6.86. The van der Waals surface area contributed by atoms with Crippen molar-refractivity contribution in [1.29, 1.82) is 0 Å². The maximum atomic E-state index is 11.4. The van der Waals surface area contributed by atoms with Crippen LogP contribution in [-0.2, 0) is 4.79 Å². The number of anilines is 1. The van der Waals surface area contributed by atoms with Gasteiger partial charge in [-0.05, 0) is 18.6 Å². The third-order valence-electron chi connectivity index (χ3n) is 1.99. The first-order valence-electron chi connectivity index (χ1n) is 4.94. The van der Waals surface area contributed by atoms with Gasteiger partial charge in [-0.1, -0.05) is 24.4 Å². The van der Waals surface area contributed by atoms with Crippen molar-refractivity contribution >= 4 is 28.8 Å². The molecule has 0 aliphatic heterocycles. The Morgan fingerprint density at radius 3 is 2.88 bits per heavy atom. The molecule has 0 heterocycles. The zero-order chi connectivity index (χ0) is 12.0. The van der Waals surface area contributed by atoms with Crippen LogP contribution in [-0.4, -0.2) is 22.6 Å². The maximum absolute atomic E-state index is 11.4. The smallest absolute Gasteiger partial charge is 0.224 e. The highest BCUT2D eigenvalue weighted by Crippen LogP contribution is 2.11. The molecule has 0 saturated heterocycles. The second-order valence-corrected chi connectivity index (χ2v) is 3.76. The predicted molar refractivity (Wildman–Crippen MR) is 67.3 cm³/mol. The molecule has 0 aromatic heterocycles. The maximum Gasteiger partial charge on any atom is 0.224 e. The van der Waals surface area contributed by atoms with E-state index in [2.05, 4.69) is 5.32 Å². The fourth-order valence-corrected chi connectivity index (χ4v) is 1.34. The number of nitrogens with two attached hydrogens (primary N) is 1. The van der Waals surface area contributed by atoms with Crippen LogP contribution < -0.4 is 11.1 Å². The molecule has 4 N–H and O–H groups in total. The normalized spacial score (nSPS) is 9.81. The fraction of sp³-hybridized carbons (Fsp3) is 0.273. The third kappa shape index (κ3) is 3.96. The molecular formula is C11H14N2O2S. The quantitative estimate of drug-likeness (QED) is 0.670. The van der Waals surface area contributed by atoms with Gasteiger partial charge in [-0.25, -0.2) is 0 Å². The van der Waals surface area contributed by atoms with Crippen molar-refractivity contribution < 1.29 is 9.90 Å². The Bertz CT molecular complexity index is 393. The van der Waals surface area contributed by atoms with Gasteiger partial charge in [0.1, 0.15) is 4.99 Å². The van der Waals surface area contributed by atoms with Crippen LogP contribution in [0.3, 0.4) is 0 Å². The number of aliphatic hydroxyl groups is 1. The molecule has 0 bridgehead atoms. The SMILES string of the molecule is NC(=S)c1cccc(NC(=O)CCCO)c1. The van der Waals surface area contributed by atoms with E-state index in [-0.39, 0.29) is 12.5 Å². The first-order chi connectivity index (χ1) is 7.63. The van der Waals surface area contributed by atoms with Gasteiger partial charge in [0.15, 0.2) is 0 Å². The molecule has 1 amide bonds. The van der Waals surface area contributed by atoms with Crippen LogP contribution in [0.25, 0.3) is 0 Å². The summed E-state index contributed by atoms with van der Waals surface area (Å²) in [4.78, 5) is 11.7. The lowest BCUT2D eigenvalue weighted by molar-refractivity contribution is -0.116.